The lowest BCUT2D eigenvalue weighted by Gasteiger charge is -2.32. The van der Waals surface area contributed by atoms with E-state index in [4.69, 9.17) is 14.5 Å². The Morgan fingerprint density at radius 3 is 2.81 bits per heavy atom. The van der Waals surface area contributed by atoms with Crippen molar-refractivity contribution in [2.24, 2.45) is 0 Å². The van der Waals surface area contributed by atoms with Crippen molar-refractivity contribution in [3.63, 3.8) is 0 Å². The molecule has 0 atom stereocenters. The van der Waals surface area contributed by atoms with Gasteiger partial charge in [-0.1, -0.05) is 6.08 Å². The average molecular weight is 424 g/mol. The molecule has 5 heterocycles. The number of carbonyl (C=O) groups excluding carboxylic acids is 1. The van der Waals surface area contributed by atoms with Gasteiger partial charge in [-0.25, -0.2) is 14.8 Å². The van der Waals surface area contributed by atoms with Crippen LogP contribution in [-0.4, -0.2) is 62.3 Å². The van der Waals surface area contributed by atoms with E-state index in [1.807, 2.05) is 33.2 Å². The zero-order chi connectivity index (χ0) is 21.6. The van der Waals surface area contributed by atoms with E-state index in [-0.39, 0.29) is 6.09 Å². The molecule has 8 nitrogen and oxygen atoms in total. The van der Waals surface area contributed by atoms with E-state index >= 15 is 0 Å². The summed E-state index contributed by atoms with van der Waals surface area (Å²) in [5.74, 6) is 0.318. The highest BCUT2D eigenvalue weighted by molar-refractivity contribution is 5.89. The Balaban J connectivity index is 1.39. The maximum atomic E-state index is 12.4. The largest absolute Gasteiger partial charge is 0.444 e. The zero-order valence-corrected chi connectivity index (χ0v) is 18.4. The highest BCUT2D eigenvalue weighted by Crippen LogP contribution is 2.32. The van der Waals surface area contributed by atoms with Gasteiger partial charge in [0.1, 0.15) is 5.60 Å². The van der Waals surface area contributed by atoms with Crippen molar-refractivity contribution in [2.75, 3.05) is 26.3 Å². The molecule has 31 heavy (non-hydrogen) atoms. The molecule has 164 valence electrons. The Morgan fingerprint density at radius 2 is 2.10 bits per heavy atom. The van der Waals surface area contributed by atoms with E-state index in [1.54, 1.807) is 4.90 Å². The number of aromatic nitrogens is 4. The molecule has 0 radical (unpaired) electrons. The van der Waals surface area contributed by atoms with Crippen LogP contribution in [0.15, 0.2) is 24.7 Å². The molecular formula is C23H29N5O3. The lowest BCUT2D eigenvalue weighted by atomic mass is 9.94. The van der Waals surface area contributed by atoms with Gasteiger partial charge in [0.15, 0.2) is 11.3 Å². The number of ether oxygens (including phenoxy) is 2. The van der Waals surface area contributed by atoms with E-state index in [0.717, 1.165) is 48.4 Å². The summed E-state index contributed by atoms with van der Waals surface area (Å²) in [5.41, 5.74) is 5.82. The minimum Gasteiger partial charge on any atom is -0.444 e. The molecule has 3 aromatic heterocycles. The average Bonchev–Trinajstić information content (AvgIpc) is 3.37. The van der Waals surface area contributed by atoms with Crippen molar-refractivity contribution >= 4 is 28.5 Å². The van der Waals surface area contributed by atoms with Crippen LogP contribution in [0.25, 0.3) is 22.4 Å². The molecule has 1 saturated heterocycles. The van der Waals surface area contributed by atoms with Crippen LogP contribution in [0.3, 0.4) is 0 Å². The van der Waals surface area contributed by atoms with E-state index in [0.29, 0.717) is 25.6 Å². The molecule has 0 aliphatic carbocycles. The predicted molar refractivity (Wildman–Crippen MR) is 118 cm³/mol. The quantitative estimate of drug-likeness (QED) is 0.670. The molecule has 1 N–H and O–H groups in total. The SMILES string of the molecule is CC(C)(C)OC(=O)N1CCC(c2cn3c(cnc4[nH]cc(C5=CCOCC5)c43)n2)CC1. The molecule has 0 bridgehead atoms. The maximum absolute atomic E-state index is 12.4. The number of aromatic amines is 1. The molecular weight excluding hydrogens is 394 g/mol. The Morgan fingerprint density at radius 1 is 1.29 bits per heavy atom. The van der Waals surface area contributed by atoms with E-state index < -0.39 is 5.60 Å². The number of carbonyl (C=O) groups is 1. The fraction of sp³-hybridized carbons (Fsp3) is 0.522. The number of piperidine rings is 1. The second kappa shape index (κ2) is 7.67. The fourth-order valence-electron chi connectivity index (χ4n) is 4.45. The highest BCUT2D eigenvalue weighted by Gasteiger charge is 2.29. The number of H-pyrrole nitrogens is 1. The summed E-state index contributed by atoms with van der Waals surface area (Å²) in [4.78, 5) is 26.9. The van der Waals surface area contributed by atoms with Crippen LogP contribution in [0.1, 0.15) is 57.2 Å². The van der Waals surface area contributed by atoms with Crippen LogP contribution in [0.5, 0.6) is 0 Å². The van der Waals surface area contributed by atoms with E-state index in [9.17, 15) is 4.79 Å². The number of imidazole rings is 1. The Labute approximate surface area is 181 Å². The van der Waals surface area contributed by atoms with Gasteiger partial charge in [-0.05, 0) is 45.6 Å². The first kappa shape index (κ1) is 20.1. The third-order valence-corrected chi connectivity index (χ3v) is 6.01. The van der Waals surface area contributed by atoms with Crippen LogP contribution < -0.4 is 0 Å². The Bertz CT molecular complexity index is 1150. The second-order valence-electron chi connectivity index (χ2n) is 9.35. The minimum atomic E-state index is -0.470. The van der Waals surface area contributed by atoms with E-state index in [2.05, 4.69) is 26.6 Å². The third-order valence-electron chi connectivity index (χ3n) is 6.01. The molecule has 8 heteroatoms. The summed E-state index contributed by atoms with van der Waals surface area (Å²) in [6, 6.07) is 0. The molecule has 0 unspecified atom stereocenters. The summed E-state index contributed by atoms with van der Waals surface area (Å²) in [7, 11) is 0. The molecule has 0 aromatic carbocycles. The van der Waals surface area contributed by atoms with Gasteiger partial charge >= 0.3 is 6.09 Å². The monoisotopic (exact) mass is 423 g/mol. The van der Waals surface area contributed by atoms with Crippen LogP contribution in [0.2, 0.25) is 0 Å². The van der Waals surface area contributed by atoms with Gasteiger partial charge in [-0.15, -0.1) is 0 Å². The summed E-state index contributed by atoms with van der Waals surface area (Å²) >= 11 is 0. The van der Waals surface area contributed by atoms with Gasteiger partial charge in [-0.2, -0.15) is 0 Å². The predicted octanol–water partition coefficient (Wildman–Crippen LogP) is 4.13. The number of nitrogens with one attached hydrogen (secondary N) is 1. The molecule has 1 amide bonds. The maximum Gasteiger partial charge on any atom is 0.410 e. The smallest absolute Gasteiger partial charge is 0.410 e. The van der Waals surface area contributed by atoms with Crippen molar-refractivity contribution in [1.82, 2.24) is 24.3 Å². The van der Waals surface area contributed by atoms with Gasteiger partial charge in [0, 0.05) is 37.0 Å². The first-order valence-corrected chi connectivity index (χ1v) is 11.0. The minimum absolute atomic E-state index is 0.228. The van der Waals surface area contributed by atoms with Crippen LogP contribution >= 0.6 is 0 Å². The van der Waals surface area contributed by atoms with Gasteiger partial charge in [0.05, 0.1) is 30.6 Å². The van der Waals surface area contributed by atoms with Crippen molar-refractivity contribution in [1.29, 1.82) is 0 Å². The summed E-state index contributed by atoms with van der Waals surface area (Å²) < 4.78 is 13.1. The molecule has 2 aliphatic heterocycles. The molecule has 0 saturated carbocycles. The first-order chi connectivity index (χ1) is 14.9. The third kappa shape index (κ3) is 3.92. The Kier molecular flexibility index (Phi) is 4.97. The summed E-state index contributed by atoms with van der Waals surface area (Å²) in [6.45, 7) is 8.45. The topological polar surface area (TPSA) is 84.8 Å². The van der Waals surface area contributed by atoms with Gasteiger partial charge in [-0.3, -0.25) is 4.40 Å². The van der Waals surface area contributed by atoms with Gasteiger partial charge in [0.2, 0.25) is 0 Å². The van der Waals surface area contributed by atoms with Gasteiger partial charge < -0.3 is 19.4 Å². The molecule has 3 aromatic rings. The van der Waals surface area contributed by atoms with Crippen LogP contribution in [0.4, 0.5) is 4.79 Å². The standard InChI is InChI=1S/C23H29N5O3/c1-23(2,3)31-22(29)27-8-4-16(5-9-27)18-14-28-19(26-18)13-25-21-20(28)17(12-24-21)15-6-10-30-11-7-15/h6,12-14,16,24H,4-5,7-11H2,1-3H3. The van der Waals surface area contributed by atoms with Crippen LogP contribution in [-0.2, 0) is 9.47 Å². The summed E-state index contributed by atoms with van der Waals surface area (Å²) in [5, 5.41) is 0. The fourth-order valence-corrected chi connectivity index (χ4v) is 4.45. The number of hydrogen-bond donors (Lipinski definition) is 1. The molecule has 0 spiro atoms. The lowest BCUT2D eigenvalue weighted by Crippen LogP contribution is -2.41. The number of rotatable bonds is 2. The highest BCUT2D eigenvalue weighted by atomic mass is 16.6. The molecule has 1 fully saturated rings. The van der Waals surface area contributed by atoms with Gasteiger partial charge in [0.25, 0.3) is 0 Å². The molecule has 2 aliphatic rings. The number of likely N-dealkylation sites (tertiary alicyclic amines) is 1. The number of hydrogen-bond acceptors (Lipinski definition) is 5. The number of amides is 1. The van der Waals surface area contributed by atoms with Crippen molar-refractivity contribution < 1.29 is 14.3 Å². The normalized spacial score (nSPS) is 18.5. The summed E-state index contributed by atoms with van der Waals surface area (Å²) in [6.07, 6.45) is 10.6. The molecule has 5 rings (SSSR count). The number of nitrogens with zero attached hydrogens (tertiary/aromatic N) is 4. The van der Waals surface area contributed by atoms with Crippen molar-refractivity contribution in [2.45, 2.75) is 51.6 Å². The van der Waals surface area contributed by atoms with E-state index in [1.165, 1.54) is 11.1 Å². The lowest BCUT2D eigenvalue weighted by molar-refractivity contribution is 0.0204. The second-order valence-corrected chi connectivity index (χ2v) is 9.35. The number of fused-ring (bicyclic) bond motifs is 3. The zero-order valence-electron chi connectivity index (χ0n) is 18.4. The first-order valence-electron chi connectivity index (χ1n) is 11.0. The Hall–Kier alpha value is -2.87. The van der Waals surface area contributed by atoms with Crippen LogP contribution in [0, 0.1) is 0 Å². The van der Waals surface area contributed by atoms with Crippen molar-refractivity contribution in [3.8, 4) is 0 Å². The van der Waals surface area contributed by atoms with Crippen molar-refractivity contribution in [3.05, 3.63) is 35.9 Å².